The average molecular weight is 314 g/mol. The molecular weight excluding hydrogens is 292 g/mol. The number of aromatic amines is 1. The van der Waals surface area contributed by atoms with Crippen LogP contribution in [-0.2, 0) is 10.0 Å². The number of nitrogens with one attached hydrogen (secondary N) is 2. The zero-order valence-corrected chi connectivity index (χ0v) is 13.3. The van der Waals surface area contributed by atoms with E-state index in [2.05, 4.69) is 29.4 Å². The van der Waals surface area contributed by atoms with Gasteiger partial charge in [-0.25, -0.2) is 13.6 Å². The van der Waals surface area contributed by atoms with Crippen molar-refractivity contribution in [1.29, 1.82) is 0 Å². The predicted molar refractivity (Wildman–Crippen MR) is 78.3 cm³/mol. The topological polar surface area (TPSA) is 118 Å². The van der Waals surface area contributed by atoms with Crippen LogP contribution in [0, 0.1) is 5.92 Å². The Morgan fingerprint density at radius 2 is 2.05 bits per heavy atom. The van der Waals surface area contributed by atoms with E-state index >= 15 is 0 Å². The largest absolute Gasteiger partial charge is 0.348 e. The van der Waals surface area contributed by atoms with Crippen molar-refractivity contribution in [2.24, 2.45) is 11.1 Å². The van der Waals surface area contributed by atoms with Crippen LogP contribution in [0.3, 0.4) is 0 Å². The number of H-pyrrole nitrogens is 1. The third kappa shape index (κ3) is 3.82. The first-order valence-corrected chi connectivity index (χ1v) is 8.66. The number of hydrogen-bond donors (Lipinski definition) is 3. The van der Waals surface area contributed by atoms with Gasteiger partial charge in [-0.05, 0) is 32.1 Å². The molecule has 1 atom stereocenters. The van der Waals surface area contributed by atoms with Gasteiger partial charge in [0.25, 0.3) is 5.91 Å². The molecule has 1 unspecified atom stereocenters. The second-order valence-corrected chi connectivity index (χ2v) is 7.64. The van der Waals surface area contributed by atoms with Crippen LogP contribution in [0.2, 0.25) is 0 Å². The Bertz CT molecular complexity index is 632. The van der Waals surface area contributed by atoms with Gasteiger partial charge in [0.1, 0.15) is 4.90 Å². The molecule has 1 heterocycles. The lowest BCUT2D eigenvalue weighted by Crippen LogP contribution is -2.35. The lowest BCUT2D eigenvalue weighted by molar-refractivity contribution is 0.0927. The second-order valence-electron chi connectivity index (χ2n) is 6.14. The monoisotopic (exact) mass is 314 g/mol. The highest BCUT2D eigenvalue weighted by atomic mass is 32.2. The van der Waals surface area contributed by atoms with Crippen molar-refractivity contribution in [3.05, 3.63) is 11.4 Å². The van der Waals surface area contributed by atoms with Crippen molar-refractivity contribution in [1.82, 2.24) is 15.5 Å². The standard InChI is InChI=1S/C13H22N4O3S/c1-7(2)6-8(3)15-13(18)11-12(21(14,19)20)10(16-17-11)9-4-5-9/h7-9H,4-6H2,1-3H3,(H,15,18)(H,16,17)(H2,14,19,20). The van der Waals surface area contributed by atoms with E-state index in [-0.39, 0.29) is 22.5 Å². The van der Waals surface area contributed by atoms with Crippen LogP contribution in [-0.4, -0.2) is 30.6 Å². The summed E-state index contributed by atoms with van der Waals surface area (Å²) in [7, 11) is -3.98. The number of nitrogens with two attached hydrogens (primary N) is 1. The SMILES string of the molecule is CC(C)CC(C)NC(=O)c1n[nH]c(C2CC2)c1S(N)(=O)=O. The van der Waals surface area contributed by atoms with Crippen LogP contribution in [0.1, 0.15) is 62.1 Å². The summed E-state index contributed by atoms with van der Waals surface area (Å²) in [6, 6.07) is -0.0631. The average Bonchev–Trinajstić information content (AvgIpc) is 3.04. The number of amides is 1. The van der Waals surface area contributed by atoms with E-state index in [1.54, 1.807) is 0 Å². The van der Waals surface area contributed by atoms with Gasteiger partial charge in [0.05, 0.1) is 5.69 Å². The maximum absolute atomic E-state index is 12.2. The zero-order chi connectivity index (χ0) is 15.8. The Balaban J connectivity index is 2.25. The van der Waals surface area contributed by atoms with Crippen LogP contribution >= 0.6 is 0 Å². The number of carbonyl (C=O) groups excluding carboxylic acids is 1. The molecule has 8 heteroatoms. The summed E-state index contributed by atoms with van der Waals surface area (Å²) < 4.78 is 23.5. The highest BCUT2D eigenvalue weighted by Crippen LogP contribution is 2.42. The van der Waals surface area contributed by atoms with Gasteiger partial charge in [0, 0.05) is 12.0 Å². The Morgan fingerprint density at radius 1 is 1.43 bits per heavy atom. The number of aromatic nitrogens is 2. The van der Waals surface area contributed by atoms with E-state index in [0.717, 1.165) is 19.3 Å². The summed E-state index contributed by atoms with van der Waals surface area (Å²) in [4.78, 5) is 12.1. The van der Waals surface area contributed by atoms with E-state index in [1.165, 1.54) is 0 Å². The third-order valence-electron chi connectivity index (χ3n) is 3.44. The molecule has 0 saturated heterocycles. The molecule has 1 aromatic rings. The fourth-order valence-corrected chi connectivity index (χ4v) is 3.42. The van der Waals surface area contributed by atoms with Gasteiger partial charge in [0.15, 0.2) is 5.69 Å². The molecule has 2 rings (SSSR count). The smallest absolute Gasteiger partial charge is 0.273 e. The van der Waals surface area contributed by atoms with Crippen molar-refractivity contribution in [2.75, 3.05) is 0 Å². The lowest BCUT2D eigenvalue weighted by atomic mass is 10.1. The Kier molecular flexibility index (Phi) is 4.38. The van der Waals surface area contributed by atoms with E-state index < -0.39 is 15.9 Å². The minimum atomic E-state index is -3.98. The highest BCUT2D eigenvalue weighted by molar-refractivity contribution is 7.89. The van der Waals surface area contributed by atoms with Crippen LogP contribution in [0.15, 0.2) is 4.90 Å². The van der Waals surface area contributed by atoms with E-state index in [4.69, 9.17) is 5.14 Å². The molecule has 0 bridgehead atoms. The summed E-state index contributed by atoms with van der Waals surface area (Å²) in [5.41, 5.74) is 0.328. The van der Waals surface area contributed by atoms with Crippen LogP contribution in [0.5, 0.6) is 0 Å². The van der Waals surface area contributed by atoms with Gasteiger partial charge in [-0.2, -0.15) is 5.10 Å². The predicted octanol–water partition coefficient (Wildman–Crippen LogP) is 1.10. The first kappa shape index (κ1) is 16.0. The highest BCUT2D eigenvalue weighted by Gasteiger charge is 2.36. The summed E-state index contributed by atoms with van der Waals surface area (Å²) in [6.45, 7) is 5.99. The molecule has 7 nitrogen and oxygen atoms in total. The minimum absolute atomic E-state index is 0.0631. The van der Waals surface area contributed by atoms with Crippen molar-refractivity contribution in [3.63, 3.8) is 0 Å². The Labute approximate surface area is 124 Å². The van der Waals surface area contributed by atoms with Gasteiger partial charge in [-0.3, -0.25) is 9.89 Å². The number of carbonyl (C=O) groups is 1. The normalized spacial score (nSPS) is 17.0. The van der Waals surface area contributed by atoms with E-state index in [0.29, 0.717) is 11.6 Å². The molecule has 118 valence electrons. The van der Waals surface area contributed by atoms with E-state index in [9.17, 15) is 13.2 Å². The lowest BCUT2D eigenvalue weighted by Gasteiger charge is -2.15. The van der Waals surface area contributed by atoms with E-state index in [1.807, 2.05) is 6.92 Å². The number of sulfonamides is 1. The van der Waals surface area contributed by atoms with Crippen molar-refractivity contribution in [2.45, 2.75) is 56.9 Å². The number of hydrogen-bond acceptors (Lipinski definition) is 4. The quantitative estimate of drug-likeness (QED) is 0.728. The van der Waals surface area contributed by atoms with Crippen molar-refractivity contribution in [3.8, 4) is 0 Å². The molecule has 0 aromatic carbocycles. The second kappa shape index (κ2) is 5.76. The minimum Gasteiger partial charge on any atom is -0.348 e. The fraction of sp³-hybridized carbons (Fsp3) is 0.692. The maximum atomic E-state index is 12.2. The maximum Gasteiger partial charge on any atom is 0.273 e. The summed E-state index contributed by atoms with van der Waals surface area (Å²) >= 11 is 0. The fourth-order valence-electron chi connectivity index (χ4n) is 2.49. The molecule has 1 aliphatic rings. The molecule has 0 aliphatic heterocycles. The van der Waals surface area contributed by atoms with Crippen LogP contribution in [0.4, 0.5) is 0 Å². The molecule has 21 heavy (non-hydrogen) atoms. The van der Waals surface area contributed by atoms with Crippen LogP contribution < -0.4 is 10.5 Å². The van der Waals surface area contributed by atoms with Gasteiger partial charge in [-0.15, -0.1) is 0 Å². The first-order chi connectivity index (χ1) is 9.70. The van der Waals surface area contributed by atoms with Crippen molar-refractivity contribution >= 4 is 15.9 Å². The van der Waals surface area contributed by atoms with Crippen molar-refractivity contribution < 1.29 is 13.2 Å². The molecule has 1 aromatic heterocycles. The molecule has 1 fully saturated rings. The first-order valence-electron chi connectivity index (χ1n) is 7.12. The molecule has 1 saturated carbocycles. The number of nitrogens with zero attached hydrogens (tertiary/aromatic N) is 1. The number of rotatable bonds is 6. The molecule has 4 N–H and O–H groups in total. The van der Waals surface area contributed by atoms with Crippen LogP contribution in [0.25, 0.3) is 0 Å². The molecule has 0 spiro atoms. The van der Waals surface area contributed by atoms with Gasteiger partial charge < -0.3 is 5.32 Å². The Morgan fingerprint density at radius 3 is 2.52 bits per heavy atom. The number of primary sulfonamides is 1. The molecular formula is C13H22N4O3S. The Hall–Kier alpha value is -1.41. The molecule has 0 radical (unpaired) electrons. The summed E-state index contributed by atoms with van der Waals surface area (Å²) in [6.07, 6.45) is 2.57. The molecule has 1 amide bonds. The van der Waals surface area contributed by atoms with Gasteiger partial charge >= 0.3 is 0 Å². The van der Waals surface area contributed by atoms with Gasteiger partial charge in [-0.1, -0.05) is 13.8 Å². The summed E-state index contributed by atoms with van der Waals surface area (Å²) in [5, 5.41) is 14.6. The summed E-state index contributed by atoms with van der Waals surface area (Å²) in [5.74, 6) is 0.0370. The van der Waals surface area contributed by atoms with Gasteiger partial charge in [0.2, 0.25) is 10.0 Å². The third-order valence-corrected chi connectivity index (χ3v) is 4.42. The zero-order valence-electron chi connectivity index (χ0n) is 12.5. The molecule has 1 aliphatic carbocycles.